The Balaban J connectivity index is 1.64. The number of aryl methyl sites for hydroxylation is 1. The van der Waals surface area contributed by atoms with E-state index in [0.29, 0.717) is 23.8 Å². The van der Waals surface area contributed by atoms with E-state index < -0.39 is 0 Å². The molecule has 0 aromatic carbocycles. The lowest BCUT2D eigenvalue weighted by molar-refractivity contribution is 0.0728. The summed E-state index contributed by atoms with van der Waals surface area (Å²) >= 11 is 0. The Morgan fingerprint density at radius 3 is 2.92 bits per heavy atom. The van der Waals surface area contributed by atoms with Crippen molar-refractivity contribution in [1.82, 2.24) is 29.8 Å². The molecule has 25 heavy (non-hydrogen) atoms. The van der Waals surface area contributed by atoms with Crippen molar-refractivity contribution in [3.8, 4) is 0 Å². The van der Waals surface area contributed by atoms with Crippen LogP contribution in [0.5, 0.6) is 0 Å². The number of fused-ring (bicyclic) bond motifs is 1. The van der Waals surface area contributed by atoms with Gasteiger partial charge in [0.2, 0.25) is 5.89 Å². The van der Waals surface area contributed by atoms with Crippen molar-refractivity contribution in [2.45, 2.75) is 45.7 Å². The second kappa shape index (κ2) is 5.94. The first kappa shape index (κ1) is 15.7. The van der Waals surface area contributed by atoms with Crippen LogP contribution in [0.3, 0.4) is 0 Å². The molecular weight excluding hydrogens is 320 g/mol. The summed E-state index contributed by atoms with van der Waals surface area (Å²) in [4.78, 5) is 23.6. The molecule has 1 aliphatic heterocycles. The van der Waals surface area contributed by atoms with E-state index in [1.54, 1.807) is 24.2 Å². The predicted molar refractivity (Wildman–Crippen MR) is 90.0 cm³/mol. The Morgan fingerprint density at radius 1 is 1.36 bits per heavy atom. The quantitative estimate of drug-likeness (QED) is 0.728. The van der Waals surface area contributed by atoms with Gasteiger partial charge in [0.15, 0.2) is 11.5 Å². The highest BCUT2D eigenvalue weighted by Gasteiger charge is 2.34. The smallest absolute Gasteiger partial charge is 0.256 e. The zero-order valence-electron chi connectivity index (χ0n) is 14.5. The molecule has 1 atom stereocenters. The third kappa shape index (κ3) is 2.67. The molecule has 8 heteroatoms. The molecule has 4 heterocycles. The van der Waals surface area contributed by atoms with Gasteiger partial charge in [-0.3, -0.25) is 4.79 Å². The first-order valence-electron chi connectivity index (χ1n) is 8.49. The minimum absolute atomic E-state index is 0.0587. The van der Waals surface area contributed by atoms with Crippen LogP contribution >= 0.6 is 0 Å². The second-order valence-electron chi connectivity index (χ2n) is 6.65. The fourth-order valence-electron chi connectivity index (χ4n) is 3.33. The molecule has 3 aromatic rings. The summed E-state index contributed by atoms with van der Waals surface area (Å²) in [5, 5.41) is 9.21. The van der Waals surface area contributed by atoms with Gasteiger partial charge in [-0.05, 0) is 32.8 Å². The Morgan fingerprint density at radius 2 is 2.20 bits per heavy atom. The summed E-state index contributed by atoms with van der Waals surface area (Å²) in [7, 11) is 0. The molecule has 0 aliphatic carbocycles. The summed E-state index contributed by atoms with van der Waals surface area (Å²) in [6.45, 7) is 6.53. The average molecular weight is 340 g/mol. The van der Waals surface area contributed by atoms with Crippen molar-refractivity contribution in [2.24, 2.45) is 0 Å². The number of likely N-dealkylation sites (tertiary alicyclic amines) is 1. The molecule has 130 valence electrons. The van der Waals surface area contributed by atoms with Gasteiger partial charge in [0.1, 0.15) is 0 Å². The van der Waals surface area contributed by atoms with Crippen molar-refractivity contribution >= 4 is 16.9 Å². The minimum atomic E-state index is -0.140. The van der Waals surface area contributed by atoms with Gasteiger partial charge in [-0.15, -0.1) is 0 Å². The van der Waals surface area contributed by atoms with E-state index in [-0.39, 0.29) is 18.0 Å². The summed E-state index contributed by atoms with van der Waals surface area (Å²) in [6.07, 6.45) is 5.14. The van der Waals surface area contributed by atoms with Crippen molar-refractivity contribution in [1.29, 1.82) is 0 Å². The van der Waals surface area contributed by atoms with Gasteiger partial charge in [-0.2, -0.15) is 10.1 Å². The minimum Gasteiger partial charge on any atom is -0.340 e. The summed E-state index contributed by atoms with van der Waals surface area (Å²) in [6, 6.07) is 1.93. The van der Waals surface area contributed by atoms with Gasteiger partial charge < -0.3 is 9.42 Å². The van der Waals surface area contributed by atoms with Crippen LogP contribution in [0.1, 0.15) is 60.8 Å². The van der Waals surface area contributed by atoms with Crippen molar-refractivity contribution in [2.75, 3.05) is 6.54 Å². The highest BCUT2D eigenvalue weighted by molar-refractivity contribution is 5.97. The van der Waals surface area contributed by atoms with Crippen LogP contribution in [0.2, 0.25) is 0 Å². The van der Waals surface area contributed by atoms with E-state index >= 15 is 0 Å². The number of aromatic nitrogens is 5. The van der Waals surface area contributed by atoms with E-state index in [4.69, 9.17) is 4.52 Å². The predicted octanol–water partition coefficient (Wildman–Crippen LogP) is 2.68. The maximum absolute atomic E-state index is 13.0. The average Bonchev–Trinajstić information content (AvgIpc) is 3.31. The lowest BCUT2D eigenvalue weighted by Gasteiger charge is -2.22. The summed E-state index contributed by atoms with van der Waals surface area (Å²) in [5.74, 6) is 1.03. The first-order chi connectivity index (χ1) is 12.0. The normalized spacial score (nSPS) is 17.8. The summed E-state index contributed by atoms with van der Waals surface area (Å²) < 4.78 is 6.92. The molecule has 0 N–H and O–H groups in total. The molecule has 0 bridgehead atoms. The third-order valence-electron chi connectivity index (χ3n) is 4.52. The van der Waals surface area contributed by atoms with Crippen LogP contribution in [0.15, 0.2) is 23.0 Å². The summed E-state index contributed by atoms with van der Waals surface area (Å²) in [5.41, 5.74) is 1.35. The van der Waals surface area contributed by atoms with E-state index in [9.17, 15) is 4.79 Å². The Kier molecular flexibility index (Phi) is 3.74. The largest absolute Gasteiger partial charge is 0.340 e. The van der Waals surface area contributed by atoms with Crippen LogP contribution in [-0.2, 0) is 0 Å². The van der Waals surface area contributed by atoms with E-state index in [1.807, 2.05) is 10.7 Å². The van der Waals surface area contributed by atoms with E-state index in [0.717, 1.165) is 23.9 Å². The molecule has 0 saturated carbocycles. The molecule has 8 nitrogen and oxygen atoms in total. The Hall–Kier alpha value is -2.77. The van der Waals surface area contributed by atoms with E-state index in [2.05, 4.69) is 34.1 Å². The monoisotopic (exact) mass is 340 g/mol. The van der Waals surface area contributed by atoms with Crippen molar-refractivity contribution in [3.05, 3.63) is 35.7 Å². The topological polar surface area (TPSA) is 89.9 Å². The molecular formula is C17H20N6O2. The third-order valence-corrected chi connectivity index (χ3v) is 4.52. The first-order valence-corrected chi connectivity index (χ1v) is 8.49. The zero-order chi connectivity index (χ0) is 17.6. The fourth-order valence-corrected chi connectivity index (χ4v) is 3.33. The molecule has 4 rings (SSSR count). The lowest BCUT2D eigenvalue weighted by atomic mass is 10.1. The van der Waals surface area contributed by atoms with Crippen LogP contribution in [0.4, 0.5) is 0 Å². The van der Waals surface area contributed by atoms with E-state index in [1.165, 1.54) is 0 Å². The number of hydrogen-bond donors (Lipinski definition) is 0. The lowest BCUT2D eigenvalue weighted by Crippen LogP contribution is -2.31. The number of rotatable bonds is 3. The molecule has 1 unspecified atom stereocenters. The number of pyridine rings is 1. The maximum Gasteiger partial charge on any atom is 0.256 e. The van der Waals surface area contributed by atoms with Gasteiger partial charge in [0, 0.05) is 31.1 Å². The molecule has 1 amide bonds. The van der Waals surface area contributed by atoms with Crippen LogP contribution in [-0.4, -0.2) is 42.3 Å². The number of carbonyl (C=O) groups is 1. The van der Waals surface area contributed by atoms with Gasteiger partial charge >= 0.3 is 0 Å². The van der Waals surface area contributed by atoms with Crippen LogP contribution in [0, 0.1) is 6.92 Å². The second-order valence-corrected chi connectivity index (χ2v) is 6.65. The Bertz CT molecular complexity index is 928. The fraction of sp³-hybridized carbons (Fsp3) is 0.471. The van der Waals surface area contributed by atoms with Crippen molar-refractivity contribution < 1.29 is 9.32 Å². The van der Waals surface area contributed by atoms with Gasteiger partial charge in [0.25, 0.3) is 5.91 Å². The molecule has 3 aromatic heterocycles. The standard InChI is InChI=1S/C17H20N6O2/c1-10(2)23-16-12(9-19-23)7-13(8-18-16)17(24)22-6-4-5-14(22)15-20-11(3)25-21-15/h7-10,14H,4-6H2,1-3H3. The van der Waals surface area contributed by atoms with Gasteiger partial charge in [-0.25, -0.2) is 9.67 Å². The molecule has 1 aliphatic rings. The highest BCUT2D eigenvalue weighted by atomic mass is 16.5. The number of nitrogens with zero attached hydrogens (tertiary/aromatic N) is 6. The van der Waals surface area contributed by atoms with Crippen LogP contribution < -0.4 is 0 Å². The molecule has 0 spiro atoms. The number of carbonyl (C=O) groups excluding carboxylic acids is 1. The SMILES string of the molecule is Cc1nc(C2CCCN2C(=O)c2cnc3c(cnn3C(C)C)c2)no1. The Labute approximate surface area is 144 Å². The van der Waals surface area contributed by atoms with Crippen LogP contribution in [0.25, 0.3) is 11.0 Å². The highest BCUT2D eigenvalue weighted by Crippen LogP contribution is 2.31. The number of amides is 1. The van der Waals surface area contributed by atoms with Gasteiger partial charge in [0.05, 0.1) is 17.8 Å². The zero-order valence-corrected chi connectivity index (χ0v) is 14.5. The molecule has 0 radical (unpaired) electrons. The van der Waals surface area contributed by atoms with Crippen molar-refractivity contribution in [3.63, 3.8) is 0 Å². The maximum atomic E-state index is 13.0. The molecule has 1 saturated heterocycles. The number of hydrogen-bond acceptors (Lipinski definition) is 6. The van der Waals surface area contributed by atoms with Gasteiger partial charge in [-0.1, -0.05) is 5.16 Å². The molecule has 1 fully saturated rings.